The summed E-state index contributed by atoms with van der Waals surface area (Å²) in [5, 5.41) is 6.19. The Morgan fingerprint density at radius 1 is 1.25 bits per heavy atom. The summed E-state index contributed by atoms with van der Waals surface area (Å²) < 4.78 is 10.4. The molecule has 1 amide bonds. The quantitative estimate of drug-likeness (QED) is 0.676. The molecule has 1 fully saturated rings. The molecule has 20 heavy (non-hydrogen) atoms. The van der Waals surface area contributed by atoms with Crippen molar-refractivity contribution in [2.75, 3.05) is 32.2 Å². The van der Waals surface area contributed by atoms with Crippen molar-refractivity contribution < 1.29 is 14.3 Å². The average molecular weight is 278 g/mol. The molecule has 0 saturated heterocycles. The molecule has 5 nitrogen and oxygen atoms in total. The number of carbonyl (C=O) groups is 1. The van der Waals surface area contributed by atoms with E-state index < -0.39 is 0 Å². The minimum Gasteiger partial charge on any atom is -0.491 e. The van der Waals surface area contributed by atoms with Crippen LogP contribution in [-0.4, -0.2) is 38.8 Å². The number of ether oxygens (including phenoxy) is 2. The smallest absolute Gasteiger partial charge is 0.225 e. The highest BCUT2D eigenvalue weighted by Crippen LogP contribution is 2.18. The van der Waals surface area contributed by atoms with E-state index in [-0.39, 0.29) is 5.91 Å². The fourth-order valence-corrected chi connectivity index (χ4v) is 1.78. The van der Waals surface area contributed by atoms with E-state index in [4.69, 9.17) is 9.47 Å². The Morgan fingerprint density at radius 2 is 2.00 bits per heavy atom. The van der Waals surface area contributed by atoms with Crippen LogP contribution in [0.5, 0.6) is 5.75 Å². The van der Waals surface area contributed by atoms with Crippen LogP contribution in [0.1, 0.15) is 19.3 Å². The average Bonchev–Trinajstić information content (AvgIpc) is 3.25. The first kappa shape index (κ1) is 14.8. The van der Waals surface area contributed by atoms with E-state index in [2.05, 4.69) is 10.6 Å². The van der Waals surface area contributed by atoms with Crippen LogP contribution in [0, 0.1) is 0 Å². The van der Waals surface area contributed by atoms with Gasteiger partial charge in [-0.1, -0.05) is 0 Å². The van der Waals surface area contributed by atoms with Crippen molar-refractivity contribution in [3.8, 4) is 5.75 Å². The number of anilines is 1. The second kappa shape index (κ2) is 7.87. The van der Waals surface area contributed by atoms with E-state index in [1.54, 1.807) is 7.11 Å². The van der Waals surface area contributed by atoms with Gasteiger partial charge in [0.2, 0.25) is 5.91 Å². The molecular formula is C15H22N2O3. The summed E-state index contributed by atoms with van der Waals surface area (Å²) in [6.07, 6.45) is 2.99. The summed E-state index contributed by atoms with van der Waals surface area (Å²) in [6.45, 7) is 1.83. The van der Waals surface area contributed by atoms with Crippen molar-refractivity contribution in [1.29, 1.82) is 0 Å². The number of hydrogen-bond acceptors (Lipinski definition) is 4. The number of hydrogen-bond donors (Lipinski definition) is 2. The number of amides is 1. The molecule has 0 spiro atoms. The van der Waals surface area contributed by atoms with Crippen LogP contribution in [0.15, 0.2) is 24.3 Å². The van der Waals surface area contributed by atoms with Crippen LogP contribution in [0.3, 0.4) is 0 Å². The van der Waals surface area contributed by atoms with Gasteiger partial charge in [-0.05, 0) is 37.1 Å². The van der Waals surface area contributed by atoms with Crippen molar-refractivity contribution in [3.05, 3.63) is 24.3 Å². The minimum atomic E-state index is 0.0335. The Morgan fingerprint density at radius 3 is 2.65 bits per heavy atom. The van der Waals surface area contributed by atoms with E-state index in [0.717, 1.165) is 18.0 Å². The third-order valence-electron chi connectivity index (χ3n) is 3.06. The molecule has 2 N–H and O–H groups in total. The van der Waals surface area contributed by atoms with Gasteiger partial charge in [-0.3, -0.25) is 4.79 Å². The van der Waals surface area contributed by atoms with Crippen LogP contribution in [0.4, 0.5) is 5.69 Å². The molecule has 0 radical (unpaired) electrons. The molecule has 5 heteroatoms. The molecule has 0 heterocycles. The monoisotopic (exact) mass is 278 g/mol. The molecule has 0 atom stereocenters. The zero-order valence-electron chi connectivity index (χ0n) is 11.9. The Balaban J connectivity index is 1.67. The van der Waals surface area contributed by atoms with E-state index in [1.807, 2.05) is 24.3 Å². The molecule has 1 aromatic carbocycles. The fourth-order valence-electron chi connectivity index (χ4n) is 1.78. The fraction of sp³-hybridized carbons (Fsp3) is 0.533. The van der Waals surface area contributed by atoms with Crippen LogP contribution in [-0.2, 0) is 9.53 Å². The lowest BCUT2D eigenvalue weighted by Crippen LogP contribution is -2.23. The van der Waals surface area contributed by atoms with Gasteiger partial charge in [0.05, 0.1) is 6.61 Å². The summed E-state index contributed by atoms with van der Waals surface area (Å²) in [5.41, 5.74) is 0.792. The second-order valence-electron chi connectivity index (χ2n) is 4.89. The van der Waals surface area contributed by atoms with Gasteiger partial charge < -0.3 is 20.1 Å². The van der Waals surface area contributed by atoms with E-state index in [0.29, 0.717) is 25.7 Å². The number of carbonyl (C=O) groups excluding carboxylic acids is 1. The summed E-state index contributed by atoms with van der Waals surface area (Å²) in [6, 6.07) is 8.01. The zero-order chi connectivity index (χ0) is 14.2. The Hall–Kier alpha value is -1.59. The molecule has 0 aromatic heterocycles. The number of methoxy groups -OCH3 is 1. The van der Waals surface area contributed by atoms with Gasteiger partial charge in [0.1, 0.15) is 12.4 Å². The third kappa shape index (κ3) is 5.59. The van der Waals surface area contributed by atoms with Crippen molar-refractivity contribution in [3.63, 3.8) is 0 Å². The Kier molecular flexibility index (Phi) is 5.83. The molecule has 1 aliphatic carbocycles. The second-order valence-corrected chi connectivity index (χ2v) is 4.89. The molecular weight excluding hydrogens is 256 g/mol. The lowest BCUT2D eigenvalue weighted by Gasteiger charge is -2.08. The number of nitrogens with one attached hydrogen (secondary N) is 2. The lowest BCUT2D eigenvalue weighted by atomic mass is 10.3. The van der Waals surface area contributed by atoms with Crippen LogP contribution in [0.2, 0.25) is 0 Å². The molecule has 110 valence electrons. The number of rotatable bonds is 9. The SMILES string of the molecule is COCCOc1ccc(NC(=O)CCNC2CC2)cc1. The van der Waals surface area contributed by atoms with Crippen molar-refractivity contribution in [2.24, 2.45) is 0 Å². The zero-order valence-corrected chi connectivity index (χ0v) is 11.9. The molecule has 2 rings (SSSR count). The standard InChI is InChI=1S/C15H22N2O3/c1-19-10-11-20-14-6-4-13(5-7-14)17-15(18)8-9-16-12-2-3-12/h4-7,12,16H,2-3,8-11H2,1H3,(H,17,18). The first-order chi connectivity index (χ1) is 9.78. The topological polar surface area (TPSA) is 59.6 Å². The van der Waals surface area contributed by atoms with Gasteiger partial charge in [-0.25, -0.2) is 0 Å². The van der Waals surface area contributed by atoms with Crippen molar-refractivity contribution >= 4 is 11.6 Å². The molecule has 0 bridgehead atoms. The highest BCUT2D eigenvalue weighted by Gasteiger charge is 2.20. The Bertz CT molecular complexity index is 416. The van der Waals surface area contributed by atoms with E-state index in [1.165, 1.54) is 12.8 Å². The summed E-state index contributed by atoms with van der Waals surface area (Å²) >= 11 is 0. The van der Waals surface area contributed by atoms with E-state index >= 15 is 0 Å². The van der Waals surface area contributed by atoms with Gasteiger partial charge in [0.15, 0.2) is 0 Å². The van der Waals surface area contributed by atoms with Gasteiger partial charge in [0, 0.05) is 31.8 Å². The maximum atomic E-state index is 11.7. The molecule has 0 unspecified atom stereocenters. The van der Waals surface area contributed by atoms with Crippen LogP contribution >= 0.6 is 0 Å². The largest absolute Gasteiger partial charge is 0.491 e. The van der Waals surface area contributed by atoms with Crippen LogP contribution in [0.25, 0.3) is 0 Å². The van der Waals surface area contributed by atoms with Crippen molar-refractivity contribution in [2.45, 2.75) is 25.3 Å². The maximum Gasteiger partial charge on any atom is 0.225 e. The molecule has 1 saturated carbocycles. The normalized spacial score (nSPS) is 14.1. The highest BCUT2D eigenvalue weighted by molar-refractivity contribution is 5.90. The summed E-state index contributed by atoms with van der Waals surface area (Å²) in [5.74, 6) is 0.807. The summed E-state index contributed by atoms with van der Waals surface area (Å²) in [4.78, 5) is 11.7. The predicted octanol–water partition coefficient (Wildman–Crippen LogP) is 1.79. The predicted molar refractivity (Wildman–Crippen MR) is 78.1 cm³/mol. The molecule has 1 aromatic rings. The summed E-state index contributed by atoms with van der Waals surface area (Å²) in [7, 11) is 1.64. The molecule has 0 aliphatic heterocycles. The van der Waals surface area contributed by atoms with Crippen LogP contribution < -0.4 is 15.4 Å². The van der Waals surface area contributed by atoms with Gasteiger partial charge >= 0.3 is 0 Å². The van der Waals surface area contributed by atoms with E-state index in [9.17, 15) is 4.79 Å². The molecule has 1 aliphatic rings. The third-order valence-corrected chi connectivity index (χ3v) is 3.06. The van der Waals surface area contributed by atoms with Gasteiger partial charge in [-0.15, -0.1) is 0 Å². The lowest BCUT2D eigenvalue weighted by molar-refractivity contribution is -0.116. The minimum absolute atomic E-state index is 0.0335. The number of benzene rings is 1. The maximum absolute atomic E-state index is 11.7. The van der Waals surface area contributed by atoms with Gasteiger partial charge in [0.25, 0.3) is 0 Å². The Labute approximate surface area is 119 Å². The van der Waals surface area contributed by atoms with Crippen molar-refractivity contribution in [1.82, 2.24) is 5.32 Å². The first-order valence-corrected chi connectivity index (χ1v) is 7.03. The highest BCUT2D eigenvalue weighted by atomic mass is 16.5. The van der Waals surface area contributed by atoms with Gasteiger partial charge in [-0.2, -0.15) is 0 Å². The first-order valence-electron chi connectivity index (χ1n) is 7.03.